The Bertz CT molecular complexity index is 3020. The van der Waals surface area contributed by atoms with Crippen molar-refractivity contribution in [3.05, 3.63) is 204 Å². The van der Waals surface area contributed by atoms with Crippen LogP contribution in [0.1, 0.15) is 49.9 Å². The number of aromatic hydroxyl groups is 1. The number of pyridine rings is 1. The SMILES string of the molecule is CC(C)(c1ccccc1)c1cc(-c2cc3c(cn2)-c2ccccc2C3(C)C)[c-]c(-c2cccc3c2nc(-c2ccccc2O)n3-c2ccccc2-c2ccccc2)c1.[Pt]. The molecule has 2 heterocycles. The molecule has 0 radical (unpaired) electrons. The van der Waals surface area contributed by atoms with Gasteiger partial charge >= 0.3 is 0 Å². The van der Waals surface area contributed by atoms with Crippen LogP contribution in [-0.4, -0.2) is 19.6 Å². The number of aromatic nitrogens is 3. The molecule has 5 heteroatoms. The topological polar surface area (TPSA) is 50.9 Å². The van der Waals surface area contributed by atoms with Crippen LogP contribution in [-0.2, 0) is 31.9 Å². The van der Waals surface area contributed by atoms with Crippen molar-refractivity contribution in [1.29, 1.82) is 0 Å². The van der Waals surface area contributed by atoms with Gasteiger partial charge in [0.15, 0.2) is 0 Å². The fourth-order valence-electron chi connectivity index (χ4n) is 8.91. The van der Waals surface area contributed by atoms with Crippen molar-refractivity contribution < 1.29 is 26.2 Å². The third kappa shape index (κ3) is 6.35. The summed E-state index contributed by atoms with van der Waals surface area (Å²) in [6, 6.07) is 62.7. The smallest absolute Gasteiger partial charge is 0.148 e. The zero-order valence-corrected chi connectivity index (χ0v) is 35.6. The van der Waals surface area contributed by atoms with E-state index in [4.69, 9.17) is 9.97 Å². The fourth-order valence-corrected chi connectivity index (χ4v) is 8.91. The molecule has 0 spiro atoms. The summed E-state index contributed by atoms with van der Waals surface area (Å²) in [5.41, 5.74) is 16.1. The molecule has 1 N–H and O–H groups in total. The number of phenolic OH excluding ortho intramolecular Hbond substituents is 1. The first-order valence-corrected chi connectivity index (χ1v) is 19.9. The van der Waals surface area contributed by atoms with Crippen molar-refractivity contribution in [3.8, 4) is 67.5 Å². The minimum absolute atomic E-state index is 0. The number of para-hydroxylation sites is 3. The van der Waals surface area contributed by atoms with Gasteiger partial charge in [-0.25, -0.2) is 4.98 Å². The van der Waals surface area contributed by atoms with Crippen LogP contribution in [0.25, 0.3) is 72.7 Å². The summed E-state index contributed by atoms with van der Waals surface area (Å²) in [6.45, 7) is 9.18. The Morgan fingerprint density at radius 3 is 1.97 bits per heavy atom. The van der Waals surface area contributed by atoms with Gasteiger partial charge in [-0.1, -0.05) is 172 Å². The summed E-state index contributed by atoms with van der Waals surface area (Å²) in [5.74, 6) is 0.832. The van der Waals surface area contributed by atoms with Crippen LogP contribution < -0.4 is 0 Å². The van der Waals surface area contributed by atoms with Gasteiger partial charge in [0.25, 0.3) is 0 Å². The van der Waals surface area contributed by atoms with Gasteiger partial charge in [0.05, 0.1) is 22.3 Å². The van der Waals surface area contributed by atoms with E-state index in [2.05, 4.69) is 178 Å². The number of hydrogen-bond acceptors (Lipinski definition) is 3. The minimum atomic E-state index is -0.338. The summed E-state index contributed by atoms with van der Waals surface area (Å²) in [6.07, 6.45) is 2.05. The molecule has 59 heavy (non-hydrogen) atoms. The first-order chi connectivity index (χ1) is 28.2. The average molecular weight is 944 g/mol. The molecule has 10 rings (SSSR count). The Morgan fingerprint density at radius 2 is 1.20 bits per heavy atom. The summed E-state index contributed by atoms with van der Waals surface area (Å²) in [5, 5.41) is 11.3. The van der Waals surface area contributed by atoms with E-state index in [0.29, 0.717) is 11.4 Å². The molecule has 0 amide bonds. The quantitative estimate of drug-likeness (QED) is 0.162. The molecule has 0 aliphatic heterocycles. The molecule has 4 nitrogen and oxygen atoms in total. The Labute approximate surface area is 360 Å². The van der Waals surface area contributed by atoms with E-state index < -0.39 is 0 Å². The molecule has 2 aromatic heterocycles. The van der Waals surface area contributed by atoms with E-state index in [1.165, 1.54) is 27.8 Å². The molecule has 7 aromatic carbocycles. The second kappa shape index (κ2) is 14.8. The zero-order chi connectivity index (χ0) is 39.6. The first kappa shape index (κ1) is 38.2. The number of nitrogens with zero attached hydrogens (tertiary/aromatic N) is 3. The van der Waals surface area contributed by atoms with Crippen molar-refractivity contribution in [2.75, 3.05) is 0 Å². The van der Waals surface area contributed by atoms with E-state index in [0.717, 1.165) is 55.8 Å². The Kier molecular flexibility index (Phi) is 9.57. The van der Waals surface area contributed by atoms with Crippen molar-refractivity contribution in [2.24, 2.45) is 0 Å². The van der Waals surface area contributed by atoms with Crippen molar-refractivity contribution in [1.82, 2.24) is 14.5 Å². The molecular weight excluding hydrogens is 902 g/mol. The molecule has 0 atom stereocenters. The largest absolute Gasteiger partial charge is 0.507 e. The second-order valence-electron chi connectivity index (χ2n) is 16.3. The molecule has 0 saturated carbocycles. The number of benzene rings is 7. The van der Waals surface area contributed by atoms with Crippen LogP contribution >= 0.6 is 0 Å². The first-order valence-electron chi connectivity index (χ1n) is 19.9. The van der Waals surface area contributed by atoms with Gasteiger partial charge in [-0.3, -0.25) is 9.55 Å². The number of rotatable bonds is 7. The third-order valence-electron chi connectivity index (χ3n) is 12.2. The monoisotopic (exact) mass is 943 g/mol. The van der Waals surface area contributed by atoms with Crippen LogP contribution in [0, 0.1) is 6.07 Å². The molecule has 1 aliphatic carbocycles. The minimum Gasteiger partial charge on any atom is -0.507 e. The van der Waals surface area contributed by atoms with E-state index in [9.17, 15) is 5.11 Å². The molecule has 1 aliphatic rings. The zero-order valence-electron chi connectivity index (χ0n) is 33.3. The molecule has 0 fully saturated rings. The van der Waals surface area contributed by atoms with Gasteiger partial charge in [-0.15, -0.1) is 29.3 Å². The Balaban J connectivity index is 0.00000449. The summed E-state index contributed by atoms with van der Waals surface area (Å²) in [7, 11) is 0. The summed E-state index contributed by atoms with van der Waals surface area (Å²) in [4.78, 5) is 10.6. The van der Waals surface area contributed by atoms with Crippen LogP contribution in [0.2, 0.25) is 0 Å². The number of hydrogen-bond donors (Lipinski definition) is 1. The van der Waals surface area contributed by atoms with Crippen molar-refractivity contribution in [3.63, 3.8) is 0 Å². The normalized spacial score (nSPS) is 12.8. The fraction of sp³-hybridized carbons (Fsp3) is 0.111. The summed E-state index contributed by atoms with van der Waals surface area (Å²) < 4.78 is 2.19. The number of fused-ring (bicyclic) bond motifs is 4. The maximum absolute atomic E-state index is 11.3. The summed E-state index contributed by atoms with van der Waals surface area (Å²) >= 11 is 0. The van der Waals surface area contributed by atoms with E-state index >= 15 is 0 Å². The maximum Gasteiger partial charge on any atom is 0.148 e. The third-order valence-corrected chi connectivity index (χ3v) is 12.2. The van der Waals surface area contributed by atoms with Crippen molar-refractivity contribution >= 4 is 11.0 Å². The maximum atomic E-state index is 11.3. The van der Waals surface area contributed by atoms with Crippen LogP contribution in [0.5, 0.6) is 5.75 Å². The Hall–Kier alpha value is -6.35. The van der Waals surface area contributed by atoms with Gasteiger partial charge in [0.1, 0.15) is 11.6 Å². The predicted molar refractivity (Wildman–Crippen MR) is 237 cm³/mol. The van der Waals surface area contributed by atoms with E-state index in [-0.39, 0.29) is 37.6 Å². The number of phenols is 1. The standard InChI is InChI=1S/C54H42N3O.Pt/c1-53(2,38-20-9-6-10-21-38)39-31-36(30-37(32-39)47-33-46-44(34-55-47)42-23-11-14-26-45(42)54(46,3)4)41-25-17-28-49-51(41)56-52(43-24-13-16-29-50(43)58)57(49)48-27-15-12-22-40(48)35-18-7-5-8-19-35;/h5-29,31-34,58H,1-4H3;/q-1;. The number of imidazole rings is 1. The van der Waals surface area contributed by atoms with Crippen LogP contribution in [0.4, 0.5) is 0 Å². The molecule has 290 valence electrons. The molecular formula is C54H42N3OPt-. The molecule has 0 saturated heterocycles. The Morgan fingerprint density at radius 1 is 0.576 bits per heavy atom. The van der Waals surface area contributed by atoms with Crippen LogP contribution in [0.15, 0.2) is 176 Å². The van der Waals surface area contributed by atoms with Crippen molar-refractivity contribution in [2.45, 2.75) is 38.5 Å². The predicted octanol–water partition coefficient (Wildman–Crippen LogP) is 13.2. The van der Waals surface area contributed by atoms with Gasteiger partial charge < -0.3 is 5.11 Å². The molecule has 0 unspecified atom stereocenters. The van der Waals surface area contributed by atoms with Gasteiger partial charge in [-0.2, -0.15) is 0 Å². The molecule has 9 aromatic rings. The van der Waals surface area contributed by atoms with Gasteiger partial charge in [-0.05, 0) is 52.1 Å². The second-order valence-corrected chi connectivity index (χ2v) is 16.3. The van der Waals surface area contributed by atoms with Gasteiger partial charge in [0.2, 0.25) is 0 Å². The molecule has 0 bridgehead atoms. The van der Waals surface area contributed by atoms with E-state index in [1.54, 1.807) is 6.07 Å². The average Bonchev–Trinajstić information content (AvgIpc) is 3.76. The van der Waals surface area contributed by atoms with Gasteiger partial charge in [0, 0.05) is 54.9 Å². The van der Waals surface area contributed by atoms with Crippen LogP contribution in [0.3, 0.4) is 0 Å². The van der Waals surface area contributed by atoms with E-state index in [1.807, 2.05) is 30.5 Å².